The van der Waals surface area contributed by atoms with Crippen molar-refractivity contribution in [3.05, 3.63) is 60.4 Å². The van der Waals surface area contributed by atoms with E-state index in [1.807, 2.05) is 45.9 Å². The number of ether oxygens (including phenoxy) is 2. The fourth-order valence-corrected chi connectivity index (χ4v) is 5.08. The molecule has 34 heavy (non-hydrogen) atoms. The van der Waals surface area contributed by atoms with Crippen LogP contribution in [-0.2, 0) is 22.7 Å². The van der Waals surface area contributed by atoms with Gasteiger partial charge in [0.1, 0.15) is 12.4 Å². The number of nitrogens with zero attached hydrogens (tertiary/aromatic N) is 4. The third-order valence-electron chi connectivity index (χ3n) is 6.09. The molecule has 0 N–H and O–H groups in total. The summed E-state index contributed by atoms with van der Waals surface area (Å²) >= 11 is 1.43. The van der Waals surface area contributed by atoms with E-state index in [9.17, 15) is 4.79 Å². The Labute approximate surface area is 205 Å². The molecule has 3 aromatic rings. The van der Waals surface area contributed by atoms with E-state index in [-0.39, 0.29) is 12.5 Å². The van der Waals surface area contributed by atoms with E-state index in [1.165, 1.54) is 18.2 Å². The van der Waals surface area contributed by atoms with Crippen molar-refractivity contribution in [1.82, 2.24) is 19.7 Å². The summed E-state index contributed by atoms with van der Waals surface area (Å²) in [6.45, 7) is 4.37. The van der Waals surface area contributed by atoms with Gasteiger partial charge in [0, 0.05) is 31.8 Å². The first-order chi connectivity index (χ1) is 16.7. The fraction of sp³-hybridized carbons (Fsp3) is 0.423. The molecule has 1 atom stereocenters. The summed E-state index contributed by atoms with van der Waals surface area (Å²) in [5.41, 5.74) is 2.13. The lowest BCUT2D eigenvalue weighted by molar-refractivity contribution is -0.131. The Bertz CT molecular complexity index is 1070. The first-order valence-electron chi connectivity index (χ1n) is 11.8. The SMILES string of the molecule is COCCn1c(COc2ccccc2-c2ccccc2)nnc1SCC(=O)N1CCCCC1C. The number of amides is 1. The van der Waals surface area contributed by atoms with E-state index in [4.69, 9.17) is 9.47 Å². The molecule has 1 aliphatic rings. The average Bonchev–Trinajstić information content (AvgIpc) is 3.27. The molecule has 2 heterocycles. The van der Waals surface area contributed by atoms with Crippen molar-refractivity contribution in [3.8, 4) is 16.9 Å². The van der Waals surface area contributed by atoms with E-state index < -0.39 is 0 Å². The summed E-state index contributed by atoms with van der Waals surface area (Å²) in [6, 6.07) is 18.5. The van der Waals surface area contributed by atoms with Crippen molar-refractivity contribution in [1.29, 1.82) is 0 Å². The van der Waals surface area contributed by atoms with E-state index in [1.54, 1.807) is 7.11 Å². The van der Waals surface area contributed by atoms with Crippen LogP contribution in [0.3, 0.4) is 0 Å². The van der Waals surface area contributed by atoms with Crippen LogP contribution in [0.4, 0.5) is 0 Å². The Morgan fingerprint density at radius 2 is 1.88 bits per heavy atom. The molecule has 7 nitrogen and oxygen atoms in total. The molecule has 1 aromatic heterocycles. The molecule has 0 bridgehead atoms. The summed E-state index contributed by atoms with van der Waals surface area (Å²) in [5, 5.41) is 9.46. The largest absolute Gasteiger partial charge is 0.485 e. The zero-order chi connectivity index (χ0) is 23.8. The number of hydrogen-bond acceptors (Lipinski definition) is 6. The Kier molecular flexibility index (Phi) is 8.60. The van der Waals surface area contributed by atoms with Gasteiger partial charge < -0.3 is 18.9 Å². The molecule has 180 valence electrons. The number of thioether (sulfide) groups is 1. The minimum Gasteiger partial charge on any atom is -0.485 e. The molecule has 0 aliphatic carbocycles. The lowest BCUT2D eigenvalue weighted by Crippen LogP contribution is -2.43. The number of likely N-dealkylation sites (tertiary alicyclic amines) is 1. The first-order valence-corrected chi connectivity index (χ1v) is 12.8. The molecule has 1 fully saturated rings. The highest BCUT2D eigenvalue weighted by molar-refractivity contribution is 7.99. The van der Waals surface area contributed by atoms with Gasteiger partial charge in [0.2, 0.25) is 5.91 Å². The molecule has 0 radical (unpaired) electrons. The highest BCUT2D eigenvalue weighted by Gasteiger charge is 2.24. The third-order valence-corrected chi connectivity index (χ3v) is 7.04. The van der Waals surface area contributed by atoms with E-state index in [0.717, 1.165) is 36.3 Å². The molecule has 4 rings (SSSR count). The maximum Gasteiger partial charge on any atom is 0.233 e. The van der Waals surface area contributed by atoms with Gasteiger partial charge in [-0.05, 0) is 37.8 Å². The van der Waals surface area contributed by atoms with Gasteiger partial charge in [-0.25, -0.2) is 0 Å². The Balaban J connectivity index is 1.45. The van der Waals surface area contributed by atoms with Gasteiger partial charge in [-0.3, -0.25) is 4.79 Å². The second-order valence-corrected chi connectivity index (χ2v) is 9.36. The van der Waals surface area contributed by atoms with Crippen molar-refractivity contribution in [2.24, 2.45) is 0 Å². The van der Waals surface area contributed by atoms with Gasteiger partial charge in [0.15, 0.2) is 11.0 Å². The van der Waals surface area contributed by atoms with Gasteiger partial charge in [0.25, 0.3) is 0 Å². The summed E-state index contributed by atoms with van der Waals surface area (Å²) in [6.07, 6.45) is 3.35. The molecular formula is C26H32N4O3S. The van der Waals surface area contributed by atoms with Crippen LogP contribution in [0.2, 0.25) is 0 Å². The standard InChI is InChI=1S/C26H32N4O3S/c1-20-10-8-9-15-29(20)25(31)19-34-26-28-27-24(30(26)16-17-32-2)18-33-23-14-7-6-13-22(23)21-11-4-3-5-12-21/h3-7,11-14,20H,8-10,15-19H2,1-2H3. The Morgan fingerprint density at radius 1 is 1.09 bits per heavy atom. The number of hydrogen-bond donors (Lipinski definition) is 0. The second kappa shape index (κ2) is 12.0. The van der Waals surface area contributed by atoms with E-state index >= 15 is 0 Å². The highest BCUT2D eigenvalue weighted by atomic mass is 32.2. The number of carbonyl (C=O) groups excluding carboxylic acids is 1. The maximum absolute atomic E-state index is 12.8. The molecule has 1 amide bonds. The third kappa shape index (κ3) is 5.98. The quantitative estimate of drug-likeness (QED) is 0.393. The number of para-hydroxylation sites is 1. The van der Waals surface area contributed by atoms with Gasteiger partial charge >= 0.3 is 0 Å². The number of aromatic nitrogens is 3. The second-order valence-electron chi connectivity index (χ2n) is 8.41. The Hall–Kier alpha value is -2.84. The molecule has 0 spiro atoms. The number of rotatable bonds is 10. The maximum atomic E-state index is 12.8. The van der Waals surface area contributed by atoms with Crippen LogP contribution in [0.15, 0.2) is 59.8 Å². The van der Waals surface area contributed by atoms with Crippen LogP contribution in [0.1, 0.15) is 32.0 Å². The molecule has 1 aliphatic heterocycles. The van der Waals surface area contributed by atoms with Crippen molar-refractivity contribution in [3.63, 3.8) is 0 Å². The minimum atomic E-state index is 0.160. The van der Waals surface area contributed by atoms with Crippen LogP contribution in [0.5, 0.6) is 5.75 Å². The number of piperidine rings is 1. The summed E-state index contributed by atoms with van der Waals surface area (Å²) in [4.78, 5) is 14.8. The predicted molar refractivity (Wildman–Crippen MR) is 134 cm³/mol. The molecular weight excluding hydrogens is 448 g/mol. The molecule has 0 saturated carbocycles. The minimum absolute atomic E-state index is 0.160. The van der Waals surface area contributed by atoms with Crippen LogP contribution in [0.25, 0.3) is 11.1 Å². The van der Waals surface area contributed by atoms with E-state index in [2.05, 4.69) is 35.3 Å². The topological polar surface area (TPSA) is 69.5 Å². The average molecular weight is 481 g/mol. The number of benzene rings is 2. The number of carbonyl (C=O) groups is 1. The zero-order valence-electron chi connectivity index (χ0n) is 19.9. The Morgan fingerprint density at radius 3 is 2.68 bits per heavy atom. The number of methoxy groups -OCH3 is 1. The van der Waals surface area contributed by atoms with Gasteiger partial charge in [0.05, 0.1) is 12.4 Å². The van der Waals surface area contributed by atoms with Crippen LogP contribution < -0.4 is 4.74 Å². The van der Waals surface area contributed by atoms with E-state index in [0.29, 0.717) is 35.9 Å². The van der Waals surface area contributed by atoms with Crippen molar-refractivity contribution >= 4 is 17.7 Å². The smallest absolute Gasteiger partial charge is 0.233 e. The molecule has 1 saturated heterocycles. The normalized spacial score (nSPS) is 15.9. The molecule has 8 heteroatoms. The lowest BCUT2D eigenvalue weighted by atomic mass is 10.0. The van der Waals surface area contributed by atoms with Crippen LogP contribution in [-0.4, -0.2) is 57.6 Å². The van der Waals surface area contributed by atoms with Gasteiger partial charge in [-0.15, -0.1) is 10.2 Å². The van der Waals surface area contributed by atoms with Crippen molar-refractivity contribution in [2.45, 2.75) is 50.5 Å². The van der Waals surface area contributed by atoms with Gasteiger partial charge in [-0.2, -0.15) is 0 Å². The summed E-state index contributed by atoms with van der Waals surface area (Å²) in [5.74, 6) is 2.01. The monoisotopic (exact) mass is 480 g/mol. The van der Waals surface area contributed by atoms with Crippen LogP contribution in [0, 0.1) is 0 Å². The highest BCUT2D eigenvalue weighted by Crippen LogP contribution is 2.30. The summed E-state index contributed by atoms with van der Waals surface area (Å²) < 4.78 is 13.5. The zero-order valence-corrected chi connectivity index (χ0v) is 20.7. The van der Waals surface area contributed by atoms with Crippen molar-refractivity contribution < 1.29 is 14.3 Å². The van der Waals surface area contributed by atoms with Gasteiger partial charge in [-0.1, -0.05) is 60.3 Å². The van der Waals surface area contributed by atoms with Crippen molar-refractivity contribution in [2.75, 3.05) is 26.0 Å². The predicted octanol–water partition coefficient (Wildman–Crippen LogP) is 4.66. The summed E-state index contributed by atoms with van der Waals surface area (Å²) in [7, 11) is 1.67. The lowest BCUT2D eigenvalue weighted by Gasteiger charge is -2.33. The molecule has 2 aromatic carbocycles. The van der Waals surface area contributed by atoms with Crippen LogP contribution >= 0.6 is 11.8 Å². The molecule has 1 unspecified atom stereocenters. The first kappa shape index (κ1) is 24.3. The fourth-order valence-electron chi connectivity index (χ4n) is 4.21.